The molecule has 0 saturated carbocycles. The summed E-state index contributed by atoms with van der Waals surface area (Å²) >= 11 is 4.83. The van der Waals surface area contributed by atoms with Crippen LogP contribution in [0.5, 0.6) is 5.75 Å². The van der Waals surface area contributed by atoms with Crippen molar-refractivity contribution in [3.63, 3.8) is 0 Å². The van der Waals surface area contributed by atoms with Crippen molar-refractivity contribution in [2.24, 2.45) is 5.73 Å². The fraction of sp³-hybridized carbons (Fsp3) is 0.300. The number of alkyl halides is 1. The van der Waals surface area contributed by atoms with Gasteiger partial charge in [-0.15, -0.1) is 0 Å². The van der Waals surface area contributed by atoms with Crippen LogP contribution in [0, 0.1) is 6.92 Å². The molecule has 2 N–H and O–H groups in total. The van der Waals surface area contributed by atoms with Crippen molar-refractivity contribution in [2.45, 2.75) is 6.92 Å². The first kappa shape index (κ1) is 10.9. The minimum atomic E-state index is -0.503. The molecule has 0 aromatic heterocycles. The largest absolute Gasteiger partial charge is 0.491 e. The topological polar surface area (TPSA) is 35.2 Å². The SMILES string of the molecule is Cc1ccc(C(N)=S)cc1OCCF. The van der Waals surface area contributed by atoms with Crippen molar-refractivity contribution in [2.75, 3.05) is 13.3 Å². The Balaban J connectivity index is 2.90. The van der Waals surface area contributed by atoms with Gasteiger partial charge in [0.1, 0.15) is 24.0 Å². The maximum Gasteiger partial charge on any atom is 0.123 e. The Morgan fingerprint density at radius 3 is 2.86 bits per heavy atom. The molecule has 0 fully saturated rings. The van der Waals surface area contributed by atoms with Gasteiger partial charge < -0.3 is 10.5 Å². The number of rotatable bonds is 4. The molecule has 0 aliphatic rings. The normalized spacial score (nSPS) is 9.86. The third-order valence-electron chi connectivity index (χ3n) is 1.81. The highest BCUT2D eigenvalue weighted by Gasteiger charge is 2.03. The summed E-state index contributed by atoms with van der Waals surface area (Å²) in [4.78, 5) is 0.315. The molecule has 0 aliphatic heterocycles. The molecule has 2 nitrogen and oxygen atoms in total. The monoisotopic (exact) mass is 213 g/mol. The summed E-state index contributed by atoms with van der Waals surface area (Å²) in [7, 11) is 0. The Morgan fingerprint density at radius 2 is 2.29 bits per heavy atom. The van der Waals surface area contributed by atoms with Gasteiger partial charge in [0.25, 0.3) is 0 Å². The molecule has 0 unspecified atom stereocenters. The van der Waals surface area contributed by atoms with E-state index >= 15 is 0 Å². The van der Waals surface area contributed by atoms with Gasteiger partial charge in [0.05, 0.1) is 0 Å². The summed E-state index contributed by atoms with van der Waals surface area (Å²) in [5, 5.41) is 0. The Hall–Kier alpha value is -1.16. The molecule has 1 aromatic carbocycles. The van der Waals surface area contributed by atoms with Crippen molar-refractivity contribution in [3.8, 4) is 5.75 Å². The molecule has 4 heteroatoms. The first-order chi connectivity index (χ1) is 6.65. The van der Waals surface area contributed by atoms with E-state index in [0.29, 0.717) is 10.7 Å². The average Bonchev–Trinajstić information content (AvgIpc) is 2.16. The van der Waals surface area contributed by atoms with E-state index in [1.807, 2.05) is 19.1 Å². The molecule has 1 rings (SSSR count). The van der Waals surface area contributed by atoms with Gasteiger partial charge in [-0.05, 0) is 18.6 Å². The fourth-order valence-electron chi connectivity index (χ4n) is 1.06. The van der Waals surface area contributed by atoms with E-state index in [1.54, 1.807) is 6.07 Å². The van der Waals surface area contributed by atoms with E-state index in [1.165, 1.54) is 0 Å². The van der Waals surface area contributed by atoms with Gasteiger partial charge in [-0.2, -0.15) is 0 Å². The second-order valence-corrected chi connectivity index (χ2v) is 3.32. The van der Waals surface area contributed by atoms with Crippen molar-refractivity contribution in [1.29, 1.82) is 0 Å². The number of aryl methyl sites for hydroxylation is 1. The summed E-state index contributed by atoms with van der Waals surface area (Å²) in [6.07, 6.45) is 0. The van der Waals surface area contributed by atoms with Crippen molar-refractivity contribution in [3.05, 3.63) is 29.3 Å². The molecule has 0 radical (unpaired) electrons. The molecule has 0 heterocycles. The Bertz CT molecular complexity index is 341. The molecule has 0 aliphatic carbocycles. The van der Waals surface area contributed by atoms with Crippen LogP contribution < -0.4 is 10.5 Å². The average molecular weight is 213 g/mol. The summed E-state index contributed by atoms with van der Waals surface area (Å²) in [6, 6.07) is 5.40. The van der Waals surface area contributed by atoms with Crippen LogP contribution in [0.1, 0.15) is 11.1 Å². The molecule has 0 atom stereocenters. The van der Waals surface area contributed by atoms with E-state index < -0.39 is 6.67 Å². The van der Waals surface area contributed by atoms with Crippen molar-refractivity contribution < 1.29 is 9.13 Å². The number of benzene rings is 1. The molecule has 0 spiro atoms. The number of hydrogen-bond donors (Lipinski definition) is 1. The second kappa shape index (κ2) is 4.91. The number of hydrogen-bond acceptors (Lipinski definition) is 2. The van der Waals surface area contributed by atoms with Gasteiger partial charge in [0.2, 0.25) is 0 Å². The molecule has 76 valence electrons. The van der Waals surface area contributed by atoms with E-state index in [2.05, 4.69) is 0 Å². The minimum absolute atomic E-state index is 0.0572. The fourth-order valence-corrected chi connectivity index (χ4v) is 1.18. The predicted octanol–water partition coefficient (Wildman–Crippen LogP) is 1.98. The molecular weight excluding hydrogens is 201 g/mol. The Kier molecular flexibility index (Phi) is 3.83. The van der Waals surface area contributed by atoms with E-state index in [9.17, 15) is 4.39 Å². The van der Waals surface area contributed by atoms with Crippen LogP contribution in [0.15, 0.2) is 18.2 Å². The van der Waals surface area contributed by atoms with Crippen LogP contribution in [0.2, 0.25) is 0 Å². The number of thiocarbonyl (C=S) groups is 1. The van der Waals surface area contributed by atoms with E-state index in [4.69, 9.17) is 22.7 Å². The standard InChI is InChI=1S/C10H12FNOS/c1-7-2-3-8(10(12)14)6-9(7)13-5-4-11/h2-3,6H,4-5H2,1H3,(H2,12,14). The van der Waals surface area contributed by atoms with Crippen LogP contribution in [0.25, 0.3) is 0 Å². The Labute approximate surface area is 87.9 Å². The third-order valence-corrected chi connectivity index (χ3v) is 2.04. The van der Waals surface area contributed by atoms with Gasteiger partial charge in [0.15, 0.2) is 0 Å². The minimum Gasteiger partial charge on any atom is -0.491 e. The molecule has 1 aromatic rings. The summed E-state index contributed by atoms with van der Waals surface area (Å²) < 4.78 is 17.1. The highest BCUT2D eigenvalue weighted by molar-refractivity contribution is 7.80. The van der Waals surface area contributed by atoms with E-state index in [0.717, 1.165) is 11.1 Å². The lowest BCUT2D eigenvalue weighted by Crippen LogP contribution is -2.10. The number of halogens is 1. The van der Waals surface area contributed by atoms with Crippen LogP contribution in [-0.2, 0) is 0 Å². The summed E-state index contributed by atoms with van der Waals surface area (Å²) in [5.74, 6) is 0.632. The zero-order valence-electron chi connectivity index (χ0n) is 7.92. The zero-order valence-corrected chi connectivity index (χ0v) is 8.73. The lowest BCUT2D eigenvalue weighted by molar-refractivity contribution is 0.272. The van der Waals surface area contributed by atoms with Crippen LogP contribution in [-0.4, -0.2) is 18.3 Å². The van der Waals surface area contributed by atoms with Crippen molar-refractivity contribution in [1.82, 2.24) is 0 Å². The first-order valence-corrected chi connectivity index (χ1v) is 4.65. The third kappa shape index (κ3) is 2.67. The zero-order chi connectivity index (χ0) is 10.6. The predicted molar refractivity (Wildman–Crippen MR) is 58.5 cm³/mol. The number of nitrogens with two attached hydrogens (primary N) is 1. The highest BCUT2D eigenvalue weighted by Crippen LogP contribution is 2.19. The Morgan fingerprint density at radius 1 is 1.57 bits per heavy atom. The van der Waals surface area contributed by atoms with Gasteiger partial charge >= 0.3 is 0 Å². The number of ether oxygens (including phenoxy) is 1. The molecule has 0 amide bonds. The van der Waals surface area contributed by atoms with Crippen LogP contribution >= 0.6 is 12.2 Å². The van der Waals surface area contributed by atoms with Gasteiger partial charge in [0, 0.05) is 5.56 Å². The van der Waals surface area contributed by atoms with Gasteiger partial charge in [-0.3, -0.25) is 0 Å². The molecule has 14 heavy (non-hydrogen) atoms. The van der Waals surface area contributed by atoms with Crippen LogP contribution in [0.4, 0.5) is 4.39 Å². The summed E-state index contributed by atoms with van der Waals surface area (Å²) in [6.45, 7) is 1.44. The van der Waals surface area contributed by atoms with Gasteiger partial charge in [-0.25, -0.2) is 4.39 Å². The second-order valence-electron chi connectivity index (χ2n) is 2.88. The molecule has 0 bridgehead atoms. The maximum atomic E-state index is 11.9. The molecule has 0 saturated heterocycles. The van der Waals surface area contributed by atoms with E-state index in [-0.39, 0.29) is 6.61 Å². The van der Waals surface area contributed by atoms with Crippen LogP contribution in [0.3, 0.4) is 0 Å². The maximum absolute atomic E-state index is 11.9. The molecular formula is C10H12FNOS. The smallest absolute Gasteiger partial charge is 0.123 e. The highest BCUT2D eigenvalue weighted by atomic mass is 32.1. The quantitative estimate of drug-likeness (QED) is 0.777. The first-order valence-electron chi connectivity index (χ1n) is 4.24. The van der Waals surface area contributed by atoms with Crippen molar-refractivity contribution >= 4 is 17.2 Å². The van der Waals surface area contributed by atoms with Gasteiger partial charge in [-0.1, -0.05) is 24.4 Å². The lowest BCUT2D eigenvalue weighted by Gasteiger charge is -2.08. The summed E-state index contributed by atoms with van der Waals surface area (Å²) in [5.41, 5.74) is 7.14. The lowest BCUT2D eigenvalue weighted by atomic mass is 10.1.